The summed E-state index contributed by atoms with van der Waals surface area (Å²) in [6, 6.07) is 1.13. The van der Waals surface area contributed by atoms with Gasteiger partial charge in [0.1, 0.15) is 6.61 Å². The summed E-state index contributed by atoms with van der Waals surface area (Å²) in [5, 5.41) is 0. The number of carbonyl (C=O) groups excluding carboxylic acids is 1. The van der Waals surface area contributed by atoms with Gasteiger partial charge in [-0.15, -0.1) is 0 Å². The van der Waals surface area contributed by atoms with Crippen LogP contribution in [0.2, 0.25) is 45.3 Å². The highest BCUT2D eigenvalue weighted by molar-refractivity contribution is 6.81. The Morgan fingerprint density at radius 1 is 1.12 bits per heavy atom. The Labute approximate surface area is 102 Å². The van der Waals surface area contributed by atoms with E-state index in [1.807, 2.05) is 0 Å². The summed E-state index contributed by atoms with van der Waals surface area (Å²) in [6.07, 6.45) is 0. The molecule has 0 radical (unpaired) electrons. The molecule has 0 aromatic rings. The van der Waals surface area contributed by atoms with Crippen LogP contribution in [0.4, 0.5) is 0 Å². The van der Waals surface area contributed by atoms with Crippen LogP contribution < -0.4 is 0 Å². The van der Waals surface area contributed by atoms with Crippen LogP contribution in [0.3, 0.4) is 0 Å². The fourth-order valence-electron chi connectivity index (χ4n) is 1.63. The second kappa shape index (κ2) is 5.82. The lowest BCUT2D eigenvalue weighted by Crippen LogP contribution is -2.25. The number of hydrogen-bond donors (Lipinski definition) is 0. The summed E-state index contributed by atoms with van der Waals surface area (Å²) in [5.74, 6) is -0.183. The van der Waals surface area contributed by atoms with Gasteiger partial charge in [0, 0.05) is 15.0 Å². The molecule has 0 bridgehead atoms. The molecule has 94 valence electrons. The third-order valence-corrected chi connectivity index (χ3v) is 4.64. The Morgan fingerprint density at radius 3 is 1.94 bits per heavy atom. The van der Waals surface area contributed by atoms with Gasteiger partial charge < -0.3 is 4.74 Å². The predicted molar refractivity (Wildman–Crippen MR) is 76.2 cm³/mol. The van der Waals surface area contributed by atoms with E-state index in [0.717, 1.165) is 6.04 Å². The van der Waals surface area contributed by atoms with Crippen LogP contribution >= 0.6 is 0 Å². The van der Waals surface area contributed by atoms with E-state index in [-0.39, 0.29) is 5.97 Å². The summed E-state index contributed by atoms with van der Waals surface area (Å²) < 4.78 is 5.13. The molecular formula is C12H26O2Si2. The molecule has 0 saturated carbocycles. The average molecular weight is 259 g/mol. The van der Waals surface area contributed by atoms with Crippen molar-refractivity contribution in [3.05, 3.63) is 11.3 Å². The maximum Gasteiger partial charge on any atom is 0.302 e. The first kappa shape index (κ1) is 15.6. The Kier molecular flexibility index (Phi) is 5.69. The third kappa shape index (κ3) is 10.2. The first-order chi connectivity index (χ1) is 6.99. The van der Waals surface area contributed by atoms with Gasteiger partial charge in [0.25, 0.3) is 0 Å². The molecule has 0 spiro atoms. The second-order valence-electron chi connectivity index (χ2n) is 6.69. The van der Waals surface area contributed by atoms with Crippen LogP contribution in [0.1, 0.15) is 6.92 Å². The predicted octanol–water partition coefficient (Wildman–Crippen LogP) is 3.69. The molecule has 0 saturated heterocycles. The highest BCUT2D eigenvalue weighted by atomic mass is 28.3. The van der Waals surface area contributed by atoms with Crippen LogP contribution in [0, 0.1) is 0 Å². The van der Waals surface area contributed by atoms with Crippen molar-refractivity contribution in [3.63, 3.8) is 0 Å². The number of carbonyl (C=O) groups is 1. The van der Waals surface area contributed by atoms with E-state index in [9.17, 15) is 4.79 Å². The van der Waals surface area contributed by atoms with Gasteiger partial charge in [-0.05, 0) is 11.6 Å². The van der Waals surface area contributed by atoms with Gasteiger partial charge in [-0.3, -0.25) is 4.79 Å². The van der Waals surface area contributed by atoms with E-state index >= 15 is 0 Å². The first-order valence-corrected chi connectivity index (χ1v) is 13.1. The standard InChI is InChI=1S/C12H26O2Si2/c1-11(13)14-8-12(9-15(2,3)4)10-16(5,6)7/h9H,8,10H2,1-7H3/b12-9-. The summed E-state index contributed by atoms with van der Waals surface area (Å²) in [5.41, 5.74) is 3.71. The van der Waals surface area contributed by atoms with Crippen molar-refractivity contribution in [2.45, 2.75) is 52.2 Å². The zero-order valence-corrected chi connectivity index (χ0v) is 13.8. The molecule has 0 aromatic heterocycles. The Bertz CT molecular complexity index is 270. The van der Waals surface area contributed by atoms with Gasteiger partial charge in [-0.25, -0.2) is 0 Å². The first-order valence-electron chi connectivity index (χ1n) is 5.83. The van der Waals surface area contributed by atoms with Crippen LogP contribution in [-0.2, 0) is 9.53 Å². The van der Waals surface area contributed by atoms with Gasteiger partial charge in [0.05, 0.1) is 8.07 Å². The van der Waals surface area contributed by atoms with Crippen molar-refractivity contribution in [2.75, 3.05) is 6.61 Å². The fourth-order valence-corrected chi connectivity index (χ4v) is 4.81. The summed E-state index contributed by atoms with van der Waals surface area (Å²) in [6.45, 7) is 15.9. The Hall–Kier alpha value is -0.356. The molecule has 0 rings (SSSR count). The normalized spacial score (nSPS) is 13.8. The summed E-state index contributed by atoms with van der Waals surface area (Å²) in [4.78, 5) is 10.9. The van der Waals surface area contributed by atoms with E-state index in [2.05, 4.69) is 45.0 Å². The Morgan fingerprint density at radius 2 is 1.62 bits per heavy atom. The van der Waals surface area contributed by atoms with Gasteiger partial charge >= 0.3 is 5.97 Å². The summed E-state index contributed by atoms with van der Waals surface area (Å²) in [7, 11) is -2.35. The topological polar surface area (TPSA) is 26.3 Å². The molecule has 0 heterocycles. The fraction of sp³-hybridized carbons (Fsp3) is 0.750. The van der Waals surface area contributed by atoms with E-state index in [0.29, 0.717) is 6.61 Å². The second-order valence-corrected chi connectivity index (χ2v) is 17.2. The van der Waals surface area contributed by atoms with Crippen molar-refractivity contribution in [1.29, 1.82) is 0 Å². The van der Waals surface area contributed by atoms with Gasteiger partial charge in [0.15, 0.2) is 0 Å². The molecule has 0 fully saturated rings. The van der Waals surface area contributed by atoms with E-state index in [4.69, 9.17) is 4.74 Å². The molecule has 0 aliphatic rings. The highest BCUT2D eigenvalue weighted by Crippen LogP contribution is 2.19. The van der Waals surface area contributed by atoms with E-state index < -0.39 is 16.1 Å². The molecule has 0 aliphatic heterocycles. The lowest BCUT2D eigenvalue weighted by atomic mass is 10.4. The minimum absolute atomic E-state index is 0.183. The number of rotatable bonds is 5. The van der Waals surface area contributed by atoms with E-state index in [1.165, 1.54) is 12.5 Å². The van der Waals surface area contributed by atoms with Gasteiger partial charge in [-0.1, -0.05) is 45.0 Å². The molecule has 0 aliphatic carbocycles. The van der Waals surface area contributed by atoms with Crippen molar-refractivity contribution in [2.24, 2.45) is 0 Å². The van der Waals surface area contributed by atoms with Gasteiger partial charge in [-0.2, -0.15) is 0 Å². The molecule has 0 atom stereocenters. The maximum absolute atomic E-state index is 10.9. The molecule has 0 aromatic carbocycles. The van der Waals surface area contributed by atoms with Crippen LogP contribution in [-0.4, -0.2) is 28.7 Å². The molecular weight excluding hydrogens is 232 g/mol. The van der Waals surface area contributed by atoms with Gasteiger partial charge in [0.2, 0.25) is 0 Å². The maximum atomic E-state index is 10.9. The zero-order valence-electron chi connectivity index (χ0n) is 11.8. The minimum atomic E-state index is -1.22. The lowest BCUT2D eigenvalue weighted by Gasteiger charge is -2.21. The molecule has 16 heavy (non-hydrogen) atoms. The third-order valence-electron chi connectivity index (χ3n) is 1.86. The minimum Gasteiger partial charge on any atom is -0.461 e. The van der Waals surface area contributed by atoms with E-state index in [1.54, 1.807) is 0 Å². The molecule has 0 N–H and O–H groups in total. The number of hydrogen-bond acceptors (Lipinski definition) is 2. The zero-order chi connectivity index (χ0) is 13.0. The molecule has 0 unspecified atom stereocenters. The molecule has 0 amide bonds. The number of esters is 1. The SMILES string of the molecule is CC(=O)OC/C(=C/[Si](C)(C)C)C[Si](C)(C)C. The Balaban J connectivity index is 4.65. The number of ether oxygens (including phenoxy) is 1. The van der Waals surface area contributed by atoms with Crippen molar-refractivity contribution < 1.29 is 9.53 Å². The van der Waals surface area contributed by atoms with Crippen LogP contribution in [0.25, 0.3) is 0 Å². The van der Waals surface area contributed by atoms with Crippen LogP contribution in [0.15, 0.2) is 11.3 Å². The van der Waals surface area contributed by atoms with Crippen LogP contribution in [0.5, 0.6) is 0 Å². The quantitative estimate of drug-likeness (QED) is 0.555. The average Bonchev–Trinajstić information content (AvgIpc) is 1.93. The lowest BCUT2D eigenvalue weighted by molar-refractivity contribution is -0.139. The van der Waals surface area contributed by atoms with Crippen molar-refractivity contribution in [3.8, 4) is 0 Å². The van der Waals surface area contributed by atoms with Crippen molar-refractivity contribution >= 4 is 22.1 Å². The molecule has 2 nitrogen and oxygen atoms in total. The largest absolute Gasteiger partial charge is 0.461 e. The summed E-state index contributed by atoms with van der Waals surface area (Å²) >= 11 is 0. The molecule has 4 heteroatoms. The highest BCUT2D eigenvalue weighted by Gasteiger charge is 2.19. The van der Waals surface area contributed by atoms with Crippen molar-refractivity contribution in [1.82, 2.24) is 0 Å². The monoisotopic (exact) mass is 258 g/mol. The smallest absolute Gasteiger partial charge is 0.302 e.